The third-order valence-corrected chi connectivity index (χ3v) is 6.94. The summed E-state index contributed by atoms with van der Waals surface area (Å²) in [6.07, 6.45) is 6.42. The van der Waals surface area contributed by atoms with Crippen LogP contribution in [0, 0.1) is 6.92 Å². The Morgan fingerprint density at radius 1 is 1.19 bits per heavy atom. The van der Waals surface area contributed by atoms with Gasteiger partial charge in [-0.1, -0.05) is 12.1 Å². The fraction of sp³-hybridized carbons (Fsp3) is 0.333. The molecule has 9 nitrogen and oxygen atoms in total. The summed E-state index contributed by atoms with van der Waals surface area (Å²) in [5.74, 6) is 1.01. The van der Waals surface area contributed by atoms with Crippen LogP contribution in [0.4, 0.5) is 11.5 Å². The lowest BCUT2D eigenvalue weighted by molar-refractivity contribution is 0.0966. The van der Waals surface area contributed by atoms with Crippen molar-refractivity contribution in [3.05, 3.63) is 70.9 Å². The zero-order valence-corrected chi connectivity index (χ0v) is 20.7. The van der Waals surface area contributed by atoms with E-state index in [2.05, 4.69) is 42.0 Å². The van der Waals surface area contributed by atoms with Crippen molar-refractivity contribution in [1.82, 2.24) is 29.6 Å². The number of nitrogens with one attached hydrogen (secondary N) is 2. The molecular formula is C27H29N7O2. The number of hydrogen-bond acceptors (Lipinski definition) is 7. The highest BCUT2D eigenvalue weighted by Gasteiger charge is 2.28. The smallest absolute Gasteiger partial charge is 0.254 e. The minimum atomic E-state index is -0.0881. The Hall–Kier alpha value is -3.82. The number of benzene rings is 1. The van der Waals surface area contributed by atoms with Crippen LogP contribution in [0.2, 0.25) is 0 Å². The maximum atomic E-state index is 12.9. The Bertz CT molecular complexity index is 1470. The highest BCUT2D eigenvalue weighted by atomic mass is 16.5. The third kappa shape index (κ3) is 3.90. The Balaban J connectivity index is 1.39. The van der Waals surface area contributed by atoms with Gasteiger partial charge in [0, 0.05) is 43.1 Å². The minimum Gasteiger partial charge on any atom is -0.381 e. The van der Waals surface area contributed by atoms with E-state index in [4.69, 9.17) is 9.72 Å². The van der Waals surface area contributed by atoms with Crippen LogP contribution >= 0.6 is 0 Å². The molecular weight excluding hydrogens is 454 g/mol. The van der Waals surface area contributed by atoms with E-state index in [1.165, 1.54) is 5.56 Å². The van der Waals surface area contributed by atoms with E-state index in [-0.39, 0.29) is 5.91 Å². The van der Waals surface area contributed by atoms with E-state index < -0.39 is 0 Å². The number of fused-ring (bicyclic) bond motifs is 2. The van der Waals surface area contributed by atoms with E-state index in [1.54, 1.807) is 6.20 Å². The van der Waals surface area contributed by atoms with Crippen molar-refractivity contribution in [2.24, 2.45) is 0 Å². The van der Waals surface area contributed by atoms with Crippen molar-refractivity contribution in [2.45, 2.75) is 32.4 Å². The van der Waals surface area contributed by atoms with Gasteiger partial charge in [0.2, 0.25) is 0 Å². The number of carbonyl (C=O) groups is 1. The van der Waals surface area contributed by atoms with Gasteiger partial charge in [-0.2, -0.15) is 0 Å². The van der Waals surface area contributed by atoms with E-state index in [1.807, 2.05) is 45.5 Å². The van der Waals surface area contributed by atoms with Gasteiger partial charge in [-0.25, -0.2) is 9.97 Å². The number of ether oxygens (including phenoxy) is 1. The molecule has 1 fully saturated rings. The fourth-order valence-corrected chi connectivity index (χ4v) is 5.28. The van der Waals surface area contributed by atoms with Crippen molar-refractivity contribution in [3.8, 4) is 11.3 Å². The number of rotatable bonds is 6. The molecule has 184 valence electrons. The van der Waals surface area contributed by atoms with Gasteiger partial charge >= 0.3 is 0 Å². The second-order valence-corrected chi connectivity index (χ2v) is 9.74. The molecule has 9 heteroatoms. The predicted molar refractivity (Wildman–Crippen MR) is 137 cm³/mol. The molecule has 0 aliphatic carbocycles. The quantitative estimate of drug-likeness (QED) is 0.432. The average Bonchev–Trinajstić information content (AvgIpc) is 3.60. The molecule has 5 heterocycles. The minimum absolute atomic E-state index is 0.0881. The first-order chi connectivity index (χ1) is 17.5. The molecule has 1 atom stereocenters. The second-order valence-electron chi connectivity index (χ2n) is 9.74. The van der Waals surface area contributed by atoms with Gasteiger partial charge in [-0.15, -0.1) is 0 Å². The summed E-state index contributed by atoms with van der Waals surface area (Å²) < 4.78 is 7.69. The largest absolute Gasteiger partial charge is 0.381 e. The van der Waals surface area contributed by atoms with Gasteiger partial charge in [-0.05, 0) is 50.7 Å². The number of anilines is 2. The molecule has 1 amide bonds. The number of carbonyl (C=O) groups excluding carboxylic acids is 1. The predicted octanol–water partition coefficient (Wildman–Crippen LogP) is 3.65. The summed E-state index contributed by atoms with van der Waals surface area (Å²) in [5.41, 5.74) is 8.32. The summed E-state index contributed by atoms with van der Waals surface area (Å²) in [5, 5.41) is 6.43. The maximum Gasteiger partial charge on any atom is 0.254 e. The summed E-state index contributed by atoms with van der Waals surface area (Å²) >= 11 is 0. The van der Waals surface area contributed by atoms with Gasteiger partial charge in [0.1, 0.15) is 5.82 Å². The van der Waals surface area contributed by atoms with Gasteiger partial charge in [0.25, 0.3) is 5.91 Å². The number of nitrogens with zero attached hydrogens (tertiary/aromatic N) is 5. The Morgan fingerprint density at radius 3 is 2.89 bits per heavy atom. The van der Waals surface area contributed by atoms with E-state index in [0.717, 1.165) is 71.5 Å². The van der Waals surface area contributed by atoms with Crippen LogP contribution in [0.5, 0.6) is 0 Å². The van der Waals surface area contributed by atoms with E-state index >= 15 is 0 Å². The average molecular weight is 484 g/mol. The number of amides is 1. The molecule has 2 aliphatic heterocycles. The normalized spacial score (nSPS) is 17.1. The Morgan fingerprint density at radius 2 is 2.08 bits per heavy atom. The lowest BCUT2D eigenvalue weighted by atomic mass is 9.96. The summed E-state index contributed by atoms with van der Waals surface area (Å²) in [6.45, 7) is 4.74. The number of imidazole rings is 1. The molecule has 0 radical (unpaired) electrons. The molecule has 2 N–H and O–H groups in total. The van der Waals surface area contributed by atoms with Crippen molar-refractivity contribution in [2.75, 3.05) is 32.6 Å². The number of pyridine rings is 1. The molecule has 0 unspecified atom stereocenters. The van der Waals surface area contributed by atoms with Crippen molar-refractivity contribution in [3.63, 3.8) is 0 Å². The molecule has 6 rings (SSSR count). The fourth-order valence-electron chi connectivity index (χ4n) is 5.28. The van der Waals surface area contributed by atoms with Crippen molar-refractivity contribution >= 4 is 23.1 Å². The topological polar surface area (TPSA) is 96.7 Å². The van der Waals surface area contributed by atoms with Crippen LogP contribution < -0.4 is 10.6 Å². The van der Waals surface area contributed by atoms with Crippen LogP contribution in [0.3, 0.4) is 0 Å². The van der Waals surface area contributed by atoms with Crippen LogP contribution in [-0.2, 0) is 17.8 Å². The van der Waals surface area contributed by atoms with Crippen LogP contribution in [0.25, 0.3) is 16.9 Å². The number of hydrogen-bond donors (Lipinski definition) is 2. The molecule has 1 saturated heterocycles. The highest BCUT2D eigenvalue weighted by Crippen LogP contribution is 2.36. The van der Waals surface area contributed by atoms with E-state index in [9.17, 15) is 4.79 Å². The molecule has 0 spiro atoms. The first-order valence-corrected chi connectivity index (χ1v) is 12.2. The molecule has 4 aromatic rings. The first-order valence-electron chi connectivity index (χ1n) is 12.2. The van der Waals surface area contributed by atoms with E-state index in [0.29, 0.717) is 18.0 Å². The van der Waals surface area contributed by atoms with Gasteiger partial charge in [0.05, 0.1) is 41.6 Å². The zero-order valence-electron chi connectivity index (χ0n) is 20.7. The first kappa shape index (κ1) is 22.6. The summed E-state index contributed by atoms with van der Waals surface area (Å²) in [6, 6.07) is 8.16. The van der Waals surface area contributed by atoms with Crippen molar-refractivity contribution in [1.29, 1.82) is 0 Å². The highest BCUT2D eigenvalue weighted by molar-refractivity contribution is 6.06. The van der Waals surface area contributed by atoms with Crippen LogP contribution in [0.15, 0.2) is 42.9 Å². The van der Waals surface area contributed by atoms with Crippen LogP contribution in [-0.4, -0.2) is 57.5 Å². The lowest BCUT2D eigenvalue weighted by Gasteiger charge is -2.19. The lowest BCUT2D eigenvalue weighted by Crippen LogP contribution is -2.16. The summed E-state index contributed by atoms with van der Waals surface area (Å²) in [7, 11) is 4.09. The van der Waals surface area contributed by atoms with Crippen molar-refractivity contribution < 1.29 is 9.53 Å². The molecule has 2 aliphatic rings. The SMILES string of the molecule is Cc1cncc2ncc(-c3ccc(Nc4ccc([C@@H]5CCOC5)c(CN(C)C)n4)c4c3CNC4=O)n12. The molecule has 1 aromatic carbocycles. The standard InChI is InChI=1S/C27H29N7O2/c1-16-10-28-13-25-29-12-23(34(16)25)19-4-6-21(26-20(19)11-30-27(26)35)31-24-7-5-18(17-8-9-36-15-17)22(32-24)14-33(2)3/h4-7,10,12-13,17H,8-9,11,14-15H2,1-3H3,(H,30,35)(H,31,32)/t17-/m1/s1. The van der Waals surface area contributed by atoms with Gasteiger partial charge < -0.3 is 20.3 Å². The van der Waals surface area contributed by atoms with Gasteiger partial charge in [0.15, 0.2) is 5.65 Å². The molecule has 36 heavy (non-hydrogen) atoms. The second kappa shape index (κ2) is 9.00. The molecule has 0 saturated carbocycles. The maximum absolute atomic E-state index is 12.9. The third-order valence-electron chi connectivity index (χ3n) is 6.94. The number of aryl methyl sites for hydroxylation is 1. The number of aromatic nitrogens is 4. The monoisotopic (exact) mass is 483 g/mol. The Kier molecular flexibility index (Phi) is 5.66. The molecule has 0 bridgehead atoms. The van der Waals surface area contributed by atoms with Gasteiger partial charge in [-0.3, -0.25) is 14.2 Å². The Labute approximate surface area is 209 Å². The van der Waals surface area contributed by atoms with Crippen LogP contribution in [0.1, 0.15) is 45.2 Å². The molecule has 3 aromatic heterocycles. The zero-order chi connectivity index (χ0) is 24.8. The summed E-state index contributed by atoms with van der Waals surface area (Å²) in [4.78, 5) is 28.8.